The molecule has 1 amide bonds. The summed E-state index contributed by atoms with van der Waals surface area (Å²) in [5, 5.41) is 3.01. The summed E-state index contributed by atoms with van der Waals surface area (Å²) in [6.45, 7) is 7.88. The Morgan fingerprint density at radius 3 is 2.59 bits per heavy atom. The molecule has 3 fully saturated rings. The molecule has 3 aliphatic heterocycles. The molecule has 3 aliphatic rings. The Morgan fingerprint density at radius 1 is 1.18 bits per heavy atom. The van der Waals surface area contributed by atoms with Crippen molar-refractivity contribution in [1.29, 1.82) is 0 Å². The van der Waals surface area contributed by atoms with Gasteiger partial charge in [0.2, 0.25) is 11.7 Å². The quantitative estimate of drug-likeness (QED) is 0.734. The van der Waals surface area contributed by atoms with Gasteiger partial charge in [-0.1, -0.05) is 15.9 Å². The molecule has 0 bridgehead atoms. The lowest BCUT2D eigenvalue weighted by Crippen LogP contribution is -2.62. The van der Waals surface area contributed by atoms with E-state index in [1.165, 1.54) is 0 Å². The molecule has 3 saturated heterocycles. The van der Waals surface area contributed by atoms with Crippen LogP contribution in [-0.4, -0.2) is 60.1 Å². The maximum Gasteiger partial charge on any atom is 0.230 e. The van der Waals surface area contributed by atoms with E-state index in [2.05, 4.69) is 21.2 Å². The molecule has 0 unspecified atom stereocenters. The van der Waals surface area contributed by atoms with Crippen molar-refractivity contribution in [2.75, 3.05) is 18.5 Å². The first-order chi connectivity index (χ1) is 10.2. The van der Waals surface area contributed by atoms with Crippen molar-refractivity contribution in [3.8, 4) is 0 Å². The predicted molar refractivity (Wildman–Crippen MR) is 79.3 cm³/mol. The molecule has 3 heterocycles. The molecule has 3 rings (SSSR count). The van der Waals surface area contributed by atoms with Crippen molar-refractivity contribution in [2.45, 2.75) is 63.4 Å². The van der Waals surface area contributed by atoms with E-state index in [0.717, 1.165) is 0 Å². The number of halogens is 1. The van der Waals surface area contributed by atoms with Crippen LogP contribution in [0.25, 0.3) is 0 Å². The lowest BCUT2D eigenvalue weighted by atomic mass is 9.97. The van der Waals surface area contributed by atoms with Gasteiger partial charge in [0.05, 0.1) is 18.5 Å². The number of alkyl halides is 1. The van der Waals surface area contributed by atoms with E-state index in [1.807, 2.05) is 27.7 Å². The van der Waals surface area contributed by atoms with Gasteiger partial charge in [0.15, 0.2) is 11.6 Å². The summed E-state index contributed by atoms with van der Waals surface area (Å²) < 4.78 is 29.8. The van der Waals surface area contributed by atoms with E-state index >= 15 is 0 Å². The van der Waals surface area contributed by atoms with Gasteiger partial charge in [-0.3, -0.25) is 4.79 Å². The molecular weight excluding hydrogens is 358 g/mol. The van der Waals surface area contributed by atoms with Gasteiger partial charge in [-0.2, -0.15) is 0 Å². The Balaban J connectivity index is 1.83. The van der Waals surface area contributed by atoms with Crippen molar-refractivity contribution < 1.29 is 28.5 Å². The lowest BCUT2D eigenvalue weighted by Gasteiger charge is -2.40. The SMILES string of the molecule is CC1(C)O[C@@H]2[C@@H](CO[C@@]3(CNC(=O)CBr)OC(C)(C)O[C@@H]23)O1. The normalized spacial score (nSPS) is 41.8. The smallest absolute Gasteiger partial charge is 0.230 e. The third-order valence-corrected chi connectivity index (χ3v) is 4.44. The average molecular weight is 380 g/mol. The van der Waals surface area contributed by atoms with E-state index in [9.17, 15) is 4.79 Å². The zero-order valence-electron chi connectivity index (χ0n) is 13.2. The Labute approximate surface area is 138 Å². The second-order valence-electron chi connectivity index (χ2n) is 6.71. The highest BCUT2D eigenvalue weighted by atomic mass is 79.9. The summed E-state index contributed by atoms with van der Waals surface area (Å²) >= 11 is 3.12. The molecule has 7 nitrogen and oxygen atoms in total. The highest BCUT2D eigenvalue weighted by Gasteiger charge is 2.65. The Bertz CT molecular complexity index is 470. The number of hydrogen-bond acceptors (Lipinski definition) is 6. The largest absolute Gasteiger partial charge is 0.350 e. The van der Waals surface area contributed by atoms with Crippen LogP contribution in [0.1, 0.15) is 27.7 Å². The fraction of sp³-hybridized carbons (Fsp3) is 0.929. The summed E-state index contributed by atoms with van der Waals surface area (Å²) in [4.78, 5) is 11.6. The van der Waals surface area contributed by atoms with Crippen molar-refractivity contribution in [1.82, 2.24) is 5.32 Å². The molecular formula is C14H22BrNO6. The van der Waals surface area contributed by atoms with Crippen LogP contribution in [0, 0.1) is 0 Å². The van der Waals surface area contributed by atoms with E-state index in [4.69, 9.17) is 23.7 Å². The first kappa shape index (κ1) is 16.6. The van der Waals surface area contributed by atoms with Crippen LogP contribution in [0.4, 0.5) is 0 Å². The summed E-state index contributed by atoms with van der Waals surface area (Å²) in [7, 11) is 0. The Morgan fingerprint density at radius 2 is 1.91 bits per heavy atom. The third kappa shape index (κ3) is 2.92. The summed E-state index contributed by atoms with van der Waals surface area (Å²) in [5.74, 6) is -2.72. The number of hydrogen-bond donors (Lipinski definition) is 1. The molecule has 0 aromatic heterocycles. The molecule has 0 spiro atoms. The van der Waals surface area contributed by atoms with Gasteiger partial charge < -0.3 is 29.0 Å². The van der Waals surface area contributed by atoms with Crippen molar-refractivity contribution in [3.05, 3.63) is 0 Å². The maximum atomic E-state index is 11.6. The van der Waals surface area contributed by atoms with Crippen LogP contribution in [0.5, 0.6) is 0 Å². The van der Waals surface area contributed by atoms with Crippen LogP contribution in [-0.2, 0) is 28.5 Å². The predicted octanol–water partition coefficient (Wildman–Crippen LogP) is 0.896. The second-order valence-corrected chi connectivity index (χ2v) is 7.27. The van der Waals surface area contributed by atoms with Crippen LogP contribution < -0.4 is 5.32 Å². The molecule has 0 aromatic rings. The molecule has 0 saturated carbocycles. The fourth-order valence-corrected chi connectivity index (χ4v) is 3.45. The number of nitrogens with one attached hydrogen (secondary N) is 1. The van der Waals surface area contributed by atoms with Crippen LogP contribution in [0.3, 0.4) is 0 Å². The molecule has 4 atom stereocenters. The number of amides is 1. The molecule has 0 aliphatic carbocycles. The molecule has 22 heavy (non-hydrogen) atoms. The van der Waals surface area contributed by atoms with Crippen LogP contribution >= 0.6 is 15.9 Å². The number of rotatable bonds is 3. The van der Waals surface area contributed by atoms with E-state index in [1.54, 1.807) is 0 Å². The zero-order chi connectivity index (χ0) is 16.2. The number of carbonyl (C=O) groups excluding carboxylic acids is 1. The number of fused-ring (bicyclic) bond motifs is 3. The lowest BCUT2D eigenvalue weighted by molar-refractivity contribution is -0.277. The standard InChI is InChI=1S/C14H22BrNO6/c1-12(2)19-8-6-18-14(7-16-9(17)5-15)11(10(8)20-12)21-13(3,4)22-14/h8,10-11H,5-7H2,1-4H3,(H,16,17)/t8-,10-,11+,14+/m1/s1. The van der Waals surface area contributed by atoms with Gasteiger partial charge in [-0.25, -0.2) is 0 Å². The monoisotopic (exact) mass is 379 g/mol. The Hall–Kier alpha value is -0.250. The summed E-state index contributed by atoms with van der Waals surface area (Å²) in [6.07, 6.45) is -0.984. The fourth-order valence-electron chi connectivity index (χ4n) is 3.25. The minimum atomic E-state index is -1.06. The zero-order valence-corrected chi connectivity index (χ0v) is 14.8. The molecule has 0 radical (unpaired) electrons. The maximum absolute atomic E-state index is 11.6. The minimum absolute atomic E-state index is 0.143. The molecule has 1 N–H and O–H groups in total. The number of carbonyl (C=O) groups is 1. The summed E-state index contributed by atoms with van der Waals surface area (Å²) in [5.41, 5.74) is 0. The molecule has 0 aromatic carbocycles. The molecule has 8 heteroatoms. The Kier molecular flexibility index (Phi) is 4.07. The van der Waals surface area contributed by atoms with Gasteiger partial charge in [-0.15, -0.1) is 0 Å². The average Bonchev–Trinajstić information content (AvgIpc) is 2.87. The minimum Gasteiger partial charge on any atom is -0.350 e. The number of ether oxygens (including phenoxy) is 5. The topological polar surface area (TPSA) is 75.3 Å². The summed E-state index contributed by atoms with van der Waals surface area (Å²) in [6, 6.07) is 0. The van der Waals surface area contributed by atoms with Gasteiger partial charge in [0, 0.05) is 0 Å². The first-order valence-electron chi connectivity index (χ1n) is 7.37. The van der Waals surface area contributed by atoms with E-state index in [0.29, 0.717) is 6.61 Å². The van der Waals surface area contributed by atoms with E-state index in [-0.39, 0.29) is 30.0 Å². The van der Waals surface area contributed by atoms with Crippen LogP contribution in [0.15, 0.2) is 0 Å². The van der Waals surface area contributed by atoms with E-state index < -0.39 is 23.5 Å². The van der Waals surface area contributed by atoms with Gasteiger partial charge in [-0.05, 0) is 27.7 Å². The van der Waals surface area contributed by atoms with Crippen LogP contribution in [0.2, 0.25) is 0 Å². The van der Waals surface area contributed by atoms with Gasteiger partial charge in [0.1, 0.15) is 18.3 Å². The van der Waals surface area contributed by atoms with Crippen molar-refractivity contribution in [3.63, 3.8) is 0 Å². The first-order valence-corrected chi connectivity index (χ1v) is 8.49. The third-order valence-electron chi connectivity index (χ3n) is 3.93. The second kappa shape index (κ2) is 5.39. The van der Waals surface area contributed by atoms with Crippen molar-refractivity contribution in [2.24, 2.45) is 0 Å². The highest BCUT2D eigenvalue weighted by Crippen LogP contribution is 2.47. The highest BCUT2D eigenvalue weighted by molar-refractivity contribution is 9.09. The van der Waals surface area contributed by atoms with Gasteiger partial charge in [0.25, 0.3) is 0 Å². The van der Waals surface area contributed by atoms with Gasteiger partial charge >= 0.3 is 0 Å². The molecule has 126 valence electrons. The van der Waals surface area contributed by atoms with Crippen molar-refractivity contribution >= 4 is 21.8 Å².